The molecule has 0 radical (unpaired) electrons. The molecule has 2 rings (SSSR count). The zero-order valence-electron chi connectivity index (χ0n) is 15.3. The Morgan fingerprint density at radius 2 is 2.00 bits per heavy atom. The number of nitrogens with one attached hydrogen (secondary N) is 1. The van der Waals surface area contributed by atoms with Crippen LogP contribution >= 0.6 is 0 Å². The average Bonchev–Trinajstić information content (AvgIpc) is 2.50. The van der Waals surface area contributed by atoms with Gasteiger partial charge in [-0.15, -0.1) is 0 Å². The van der Waals surface area contributed by atoms with Crippen molar-refractivity contribution in [3.63, 3.8) is 0 Å². The van der Waals surface area contributed by atoms with Crippen LogP contribution in [-0.2, 0) is 4.79 Å². The summed E-state index contributed by atoms with van der Waals surface area (Å²) in [6.07, 6.45) is 6.18. The number of likely N-dealkylation sites (N-methyl/N-ethyl adjacent to an activating group) is 1. The highest BCUT2D eigenvalue weighted by atomic mass is 16.4. The number of piperidine rings is 1. The van der Waals surface area contributed by atoms with Gasteiger partial charge >= 0.3 is 12.0 Å². The summed E-state index contributed by atoms with van der Waals surface area (Å²) in [5, 5.41) is 12.1. The summed E-state index contributed by atoms with van der Waals surface area (Å²) in [4.78, 5) is 27.6. The maximum absolute atomic E-state index is 12.7. The molecule has 6 heteroatoms. The van der Waals surface area contributed by atoms with Crippen molar-refractivity contribution in [2.45, 2.75) is 77.4 Å². The zero-order valence-corrected chi connectivity index (χ0v) is 15.3. The van der Waals surface area contributed by atoms with Crippen LogP contribution in [0.15, 0.2) is 0 Å². The molecule has 2 amide bonds. The molecule has 1 aliphatic carbocycles. The molecule has 1 aliphatic heterocycles. The fourth-order valence-corrected chi connectivity index (χ4v) is 4.17. The molecule has 2 atom stereocenters. The number of carbonyl (C=O) groups excluding carboxylic acids is 1. The summed E-state index contributed by atoms with van der Waals surface area (Å²) in [5.41, 5.74) is 0. The van der Waals surface area contributed by atoms with Crippen molar-refractivity contribution in [2.75, 3.05) is 19.6 Å². The number of likely N-dealkylation sites (tertiary alicyclic amines) is 1. The summed E-state index contributed by atoms with van der Waals surface area (Å²) in [7, 11) is 0. The van der Waals surface area contributed by atoms with Crippen molar-refractivity contribution in [3.05, 3.63) is 0 Å². The lowest BCUT2D eigenvalue weighted by Gasteiger charge is -2.45. The van der Waals surface area contributed by atoms with Crippen molar-refractivity contribution in [1.82, 2.24) is 15.1 Å². The lowest BCUT2D eigenvalue weighted by Crippen LogP contribution is -2.59. The number of amides is 2. The van der Waals surface area contributed by atoms with E-state index in [0.717, 1.165) is 45.2 Å². The van der Waals surface area contributed by atoms with E-state index in [2.05, 4.69) is 19.2 Å². The second-order valence-electron chi connectivity index (χ2n) is 7.40. The van der Waals surface area contributed by atoms with Crippen LogP contribution in [-0.4, -0.2) is 64.7 Å². The Bertz CT molecular complexity index is 437. The Morgan fingerprint density at radius 3 is 2.58 bits per heavy atom. The van der Waals surface area contributed by atoms with Gasteiger partial charge in [0.1, 0.15) is 0 Å². The SMILES string of the molecule is CCCC1C(C)CCCN1C(=O)NC1CC(N(CC)CC(=O)O)C1. The van der Waals surface area contributed by atoms with Gasteiger partial charge in [0.15, 0.2) is 0 Å². The molecule has 0 aromatic carbocycles. The minimum Gasteiger partial charge on any atom is -0.480 e. The first-order valence-electron chi connectivity index (χ1n) is 9.49. The summed E-state index contributed by atoms with van der Waals surface area (Å²) in [5.74, 6) is -0.209. The Balaban J connectivity index is 1.82. The molecule has 24 heavy (non-hydrogen) atoms. The molecule has 0 aromatic heterocycles. The first-order valence-corrected chi connectivity index (χ1v) is 9.49. The standard InChI is InChI=1S/C18H33N3O3/c1-4-7-16-13(3)8-6-9-21(16)18(24)19-14-10-15(11-14)20(5-2)12-17(22)23/h13-16H,4-12H2,1-3H3,(H,19,24)(H,22,23). The van der Waals surface area contributed by atoms with Crippen molar-refractivity contribution in [2.24, 2.45) is 5.92 Å². The van der Waals surface area contributed by atoms with Crippen LogP contribution in [0.4, 0.5) is 4.79 Å². The monoisotopic (exact) mass is 339 g/mol. The summed E-state index contributed by atoms with van der Waals surface area (Å²) < 4.78 is 0. The number of nitrogens with zero attached hydrogens (tertiary/aromatic N) is 2. The van der Waals surface area contributed by atoms with Crippen molar-refractivity contribution >= 4 is 12.0 Å². The molecule has 1 saturated heterocycles. The topological polar surface area (TPSA) is 72.9 Å². The lowest BCUT2D eigenvalue weighted by atomic mass is 9.85. The molecular weight excluding hydrogens is 306 g/mol. The Morgan fingerprint density at radius 1 is 1.29 bits per heavy atom. The van der Waals surface area contributed by atoms with E-state index in [4.69, 9.17) is 5.11 Å². The molecule has 6 nitrogen and oxygen atoms in total. The second kappa shape index (κ2) is 8.70. The van der Waals surface area contributed by atoms with E-state index in [0.29, 0.717) is 12.0 Å². The van der Waals surface area contributed by atoms with Crippen LogP contribution < -0.4 is 5.32 Å². The van der Waals surface area contributed by atoms with Crippen LogP contribution in [0, 0.1) is 5.92 Å². The summed E-state index contributed by atoms with van der Waals surface area (Å²) in [6, 6.07) is 0.900. The molecule has 0 bridgehead atoms. The number of carboxylic acid groups (broad SMARTS) is 1. The van der Waals surface area contributed by atoms with Crippen LogP contribution in [0.1, 0.15) is 59.3 Å². The van der Waals surface area contributed by atoms with Gasteiger partial charge in [-0.1, -0.05) is 27.2 Å². The predicted molar refractivity (Wildman–Crippen MR) is 94.0 cm³/mol. The minimum absolute atomic E-state index is 0.0738. The van der Waals surface area contributed by atoms with Gasteiger partial charge in [-0.25, -0.2) is 4.79 Å². The maximum atomic E-state index is 12.7. The van der Waals surface area contributed by atoms with Crippen LogP contribution in [0.2, 0.25) is 0 Å². The maximum Gasteiger partial charge on any atom is 0.317 e. The first kappa shape index (κ1) is 19.0. The van der Waals surface area contributed by atoms with Crippen LogP contribution in [0.3, 0.4) is 0 Å². The van der Waals surface area contributed by atoms with Gasteiger partial charge in [0.05, 0.1) is 6.54 Å². The largest absolute Gasteiger partial charge is 0.480 e. The zero-order chi connectivity index (χ0) is 17.7. The van der Waals surface area contributed by atoms with Gasteiger partial charge in [-0.05, 0) is 44.6 Å². The third-order valence-electron chi connectivity index (χ3n) is 5.66. The number of carboxylic acids is 1. The van der Waals surface area contributed by atoms with Gasteiger partial charge in [0, 0.05) is 24.7 Å². The third-order valence-corrected chi connectivity index (χ3v) is 5.66. The number of hydrogen-bond acceptors (Lipinski definition) is 3. The normalized spacial score (nSPS) is 30.1. The smallest absolute Gasteiger partial charge is 0.317 e. The molecular formula is C18H33N3O3. The van der Waals surface area contributed by atoms with E-state index in [1.54, 1.807) is 0 Å². The summed E-state index contributed by atoms with van der Waals surface area (Å²) in [6.45, 7) is 8.10. The van der Waals surface area contributed by atoms with E-state index < -0.39 is 5.97 Å². The van der Waals surface area contributed by atoms with Gasteiger partial charge < -0.3 is 15.3 Å². The number of rotatable bonds is 7. The Kier molecular flexibility index (Phi) is 6.90. The fourth-order valence-electron chi connectivity index (χ4n) is 4.17. The van der Waals surface area contributed by atoms with Gasteiger partial charge in [0.25, 0.3) is 0 Å². The average molecular weight is 339 g/mol. The second-order valence-corrected chi connectivity index (χ2v) is 7.40. The number of aliphatic carboxylic acids is 1. The minimum atomic E-state index is -0.783. The first-order chi connectivity index (χ1) is 11.5. The lowest BCUT2D eigenvalue weighted by molar-refractivity contribution is -0.139. The van der Waals surface area contributed by atoms with Crippen LogP contribution in [0.25, 0.3) is 0 Å². The van der Waals surface area contributed by atoms with Crippen molar-refractivity contribution < 1.29 is 14.7 Å². The molecule has 2 fully saturated rings. The van der Waals surface area contributed by atoms with E-state index >= 15 is 0 Å². The summed E-state index contributed by atoms with van der Waals surface area (Å²) >= 11 is 0. The van der Waals surface area contributed by atoms with Gasteiger partial charge in [-0.2, -0.15) is 0 Å². The van der Waals surface area contributed by atoms with Gasteiger partial charge in [0.2, 0.25) is 0 Å². The number of hydrogen-bond donors (Lipinski definition) is 2. The van der Waals surface area contributed by atoms with Crippen LogP contribution in [0.5, 0.6) is 0 Å². The predicted octanol–water partition coefficient (Wildman–Crippen LogP) is 2.53. The van der Waals surface area contributed by atoms with E-state index in [1.807, 2.05) is 16.7 Å². The highest BCUT2D eigenvalue weighted by Gasteiger charge is 2.37. The fraction of sp³-hybridized carbons (Fsp3) is 0.889. The molecule has 1 saturated carbocycles. The van der Waals surface area contributed by atoms with Crippen molar-refractivity contribution in [3.8, 4) is 0 Å². The van der Waals surface area contributed by atoms with E-state index in [9.17, 15) is 9.59 Å². The highest BCUT2D eigenvalue weighted by Crippen LogP contribution is 2.29. The highest BCUT2D eigenvalue weighted by molar-refractivity contribution is 5.75. The van der Waals surface area contributed by atoms with Gasteiger partial charge in [-0.3, -0.25) is 9.69 Å². The molecule has 138 valence electrons. The molecule has 2 N–H and O–H groups in total. The number of urea groups is 1. The third kappa shape index (κ3) is 4.62. The molecule has 2 unspecified atom stereocenters. The molecule has 0 aromatic rings. The number of carbonyl (C=O) groups is 2. The Hall–Kier alpha value is -1.30. The van der Waals surface area contributed by atoms with E-state index in [-0.39, 0.29) is 24.7 Å². The van der Waals surface area contributed by atoms with Crippen molar-refractivity contribution in [1.29, 1.82) is 0 Å². The molecule has 1 heterocycles. The van der Waals surface area contributed by atoms with E-state index in [1.165, 1.54) is 6.42 Å². The molecule has 0 spiro atoms. The molecule has 2 aliphatic rings. The Labute approximate surface area is 145 Å². The quantitative estimate of drug-likeness (QED) is 0.747.